The van der Waals surface area contributed by atoms with Crippen LogP contribution in [0.2, 0.25) is 5.15 Å². The lowest BCUT2D eigenvalue weighted by Gasteiger charge is -2.27. The second-order valence-corrected chi connectivity index (χ2v) is 33.4. The number of aromatic nitrogens is 22. The van der Waals surface area contributed by atoms with E-state index in [4.69, 9.17) is 26.8 Å². The van der Waals surface area contributed by atoms with Gasteiger partial charge in [0.25, 0.3) is 0 Å². The van der Waals surface area contributed by atoms with Crippen molar-refractivity contribution in [2.75, 3.05) is 62.0 Å². The molecule has 2 saturated heterocycles. The fourth-order valence-corrected chi connectivity index (χ4v) is 12.1. The minimum Gasteiger partial charge on any atom is -0.487 e. The number of hydrogen-bond acceptors (Lipinski definition) is 21. The number of imidazole rings is 1. The minimum atomic E-state index is -4.34. The predicted molar refractivity (Wildman–Crippen MR) is 510 cm³/mol. The van der Waals surface area contributed by atoms with Crippen molar-refractivity contribution in [1.82, 2.24) is 111 Å². The molecule has 0 spiro atoms. The number of nitrogens with zero attached hydrogens (tertiary/aromatic N) is 17. The molecule has 2 aliphatic heterocycles. The van der Waals surface area contributed by atoms with Crippen LogP contribution in [0.15, 0.2) is 153 Å². The molecule has 0 unspecified atom stereocenters. The summed E-state index contributed by atoms with van der Waals surface area (Å²) in [4.78, 5) is 35.2. The number of nitrogens with one attached hydrogen (secondary N) is 7. The zero-order valence-electron chi connectivity index (χ0n) is 80.5. The number of anilines is 3. The Bertz CT molecular complexity index is 5370. The number of rotatable bonds is 3. The largest absolute Gasteiger partial charge is 0.487 e. The third-order valence-corrected chi connectivity index (χ3v) is 21.2. The molecule has 2 aliphatic rings. The Balaban J connectivity index is 0.000000374. The van der Waals surface area contributed by atoms with Crippen LogP contribution < -0.4 is 20.3 Å². The number of H-pyrrole nitrogens is 7. The van der Waals surface area contributed by atoms with Crippen LogP contribution in [0.3, 0.4) is 0 Å². The lowest BCUT2D eigenvalue weighted by molar-refractivity contribution is -0.142. The molecule has 17 heterocycles. The second kappa shape index (κ2) is 59.2. The van der Waals surface area contributed by atoms with E-state index in [1.807, 2.05) is 157 Å². The second-order valence-electron chi connectivity index (χ2n) is 30.7. The highest BCUT2D eigenvalue weighted by atomic mass is 35.5. The Morgan fingerprint density at radius 3 is 1.07 bits per heavy atom. The molecule has 0 saturated carbocycles. The molecular weight excluding hydrogens is 1830 g/mol. The molecule has 2 fully saturated rings. The number of pyridine rings is 4. The van der Waals surface area contributed by atoms with Gasteiger partial charge in [-0.15, -0.1) is 22.7 Å². The van der Waals surface area contributed by atoms with Crippen molar-refractivity contribution >= 4 is 51.9 Å². The van der Waals surface area contributed by atoms with Gasteiger partial charge in [-0.2, -0.15) is 88.4 Å². The molecule has 42 heteroatoms. The number of piperidine rings is 1. The highest BCUT2D eigenvalue weighted by molar-refractivity contribution is 7.12. The number of thiophene rings is 2. The summed E-state index contributed by atoms with van der Waals surface area (Å²) in [6.07, 6.45) is 8.73. The average Bonchev–Trinajstić information content (AvgIpc) is 1.71. The maximum atomic E-state index is 12.0. The molecule has 27 nitrogen and oxygen atoms in total. The van der Waals surface area contributed by atoms with Crippen molar-refractivity contribution in [2.45, 2.75) is 196 Å². The number of aromatic amines is 7. The summed E-state index contributed by atoms with van der Waals surface area (Å²) in [5, 5.41) is 45.0. The van der Waals surface area contributed by atoms with Gasteiger partial charge in [0, 0.05) is 138 Å². The zero-order valence-corrected chi connectivity index (χ0v) is 82.9. The van der Waals surface area contributed by atoms with Crippen molar-refractivity contribution < 1.29 is 62.2 Å². The Morgan fingerprint density at radius 2 is 0.844 bits per heavy atom. The van der Waals surface area contributed by atoms with Crippen molar-refractivity contribution in [1.29, 1.82) is 0 Å². The topological polar surface area (TPSA) is 347 Å². The molecule has 135 heavy (non-hydrogen) atoms. The normalized spacial score (nSPS) is 11.7. The highest BCUT2D eigenvalue weighted by Crippen LogP contribution is 2.34. The number of alkyl halides is 12. The van der Waals surface area contributed by atoms with Crippen LogP contribution >= 0.6 is 34.3 Å². The fraction of sp³-hybridized carbons (Fsp3) is 0.398. The number of nitrogen functional groups attached to an aromatic ring is 1. The molecule has 736 valence electrons. The van der Waals surface area contributed by atoms with Gasteiger partial charge in [-0.1, -0.05) is 29.8 Å². The van der Waals surface area contributed by atoms with E-state index < -0.39 is 47.5 Å². The number of halogens is 13. The fourth-order valence-electron chi connectivity index (χ4n) is 10.4. The van der Waals surface area contributed by atoms with Gasteiger partial charge in [0.05, 0.1) is 56.6 Å². The van der Waals surface area contributed by atoms with E-state index in [2.05, 4.69) is 196 Å². The third-order valence-electron chi connectivity index (χ3n) is 19.1. The minimum absolute atomic E-state index is 0.118. The first-order valence-electron chi connectivity index (χ1n) is 42.0. The number of ether oxygens (including phenoxy) is 2. The summed E-state index contributed by atoms with van der Waals surface area (Å²) in [6.45, 7) is 47.0. The van der Waals surface area contributed by atoms with Crippen molar-refractivity contribution in [3.8, 4) is 5.06 Å². The third kappa shape index (κ3) is 46.7. The smallest absolute Gasteiger partial charge is 0.435 e. The molecule has 9 N–H and O–H groups in total. The zero-order chi connectivity index (χ0) is 101. The maximum absolute atomic E-state index is 12.0. The molecule has 17 rings (SSSR count). The molecule has 15 aromatic rings. The van der Waals surface area contributed by atoms with Crippen molar-refractivity contribution in [2.24, 2.45) is 7.05 Å². The van der Waals surface area contributed by atoms with Crippen molar-refractivity contribution in [3.05, 3.63) is 303 Å². The number of aryl methyl sites for hydroxylation is 19. The monoisotopic (exact) mass is 1950 g/mol. The summed E-state index contributed by atoms with van der Waals surface area (Å²) in [7, 11) is 3.62. The van der Waals surface area contributed by atoms with Gasteiger partial charge in [0.1, 0.15) is 28.2 Å². The lowest BCUT2D eigenvalue weighted by atomic mass is 10.1. The molecule has 0 amide bonds. The van der Waals surface area contributed by atoms with Gasteiger partial charge < -0.3 is 29.6 Å². The van der Waals surface area contributed by atoms with E-state index in [-0.39, 0.29) is 22.3 Å². The lowest BCUT2D eigenvalue weighted by Crippen LogP contribution is -2.36. The summed E-state index contributed by atoms with van der Waals surface area (Å²) < 4.78 is 155. The molecular formula is C93H124ClF12N25O2S2. The summed E-state index contributed by atoms with van der Waals surface area (Å²) in [5.74, 6) is 2.54. The van der Waals surface area contributed by atoms with E-state index in [0.717, 1.165) is 83.6 Å². The van der Waals surface area contributed by atoms with Gasteiger partial charge in [-0.3, -0.25) is 40.7 Å². The van der Waals surface area contributed by atoms with Crippen LogP contribution in [0.25, 0.3) is 0 Å². The molecule has 0 radical (unpaired) electrons. The van der Waals surface area contributed by atoms with E-state index in [1.165, 1.54) is 120 Å². The Labute approximate surface area is 793 Å². The standard InChI is InChI=1S/C11H16N2.C10H14N2O.C6H6ClN.2C6H7F3N2.2C6H10N2.C6H7N.C6H8OS.C6H8S.2C5H5F3N2.C5H7N3.C5H8N2.C4H6N2/c1-10-5-6-11(12-9-10)13-7-3-2-4-8-13;1-9-2-3-10(11-8-9)12-4-6-13-7-5-12;1-5-2-3-8-6(7)4-5;2*1-3-4(2)10-11-5(3)6(7,8)9;2*1-4-5(2)7-8-6(4)3;1-6-3-2-4-7-5-6;1-5-3-6(7-2)8-4-5;1-5-3-4-6(2)7-5;2*1-3-2-9-10-4(3)5(6,7)8;1-4-2-7-5(6)8-3-4;1-4-3-6-7-5(4)2;1-6-3-2-5-4-6/h5-6,9H,2-4,7-8H2,1H3;2-3,8H,4-7H2,1H3;2-4H,1H3;2*1-2H3,(H,10,11);2*1-3H3,(H,7,8);2-5H,1H3;3-4H,1-2H3;3-4H,1-2H3;2*2H,1H3,(H,9,10);2-3H,1H3,(H2,6,7,8);3H,1-2H3,(H,6,7);2-4H,1H3. The number of hydrogen-bond donors (Lipinski definition) is 8. The van der Waals surface area contributed by atoms with Crippen LogP contribution in [0, 0.1) is 152 Å². The first kappa shape index (κ1) is 117. The summed E-state index contributed by atoms with van der Waals surface area (Å²) in [6, 6.07) is 22.4. The van der Waals surface area contributed by atoms with E-state index in [9.17, 15) is 52.7 Å². The van der Waals surface area contributed by atoms with Crippen molar-refractivity contribution in [3.63, 3.8) is 0 Å². The average molecular weight is 1950 g/mol. The van der Waals surface area contributed by atoms with Gasteiger partial charge in [-0.25, -0.2) is 29.9 Å². The van der Waals surface area contributed by atoms with Gasteiger partial charge >= 0.3 is 24.7 Å². The number of nitrogens with two attached hydrogens (primary N) is 1. The molecule has 15 aromatic heterocycles. The SMILES string of the molecule is COc1cc(C)cs1.Cc1[nH]nc(C(F)(F)F)c1C.Cc1[nH]nc(C(F)(F)F)c1C.Cc1ccc(C)s1.Cc1ccc(N2CCCCC2)nc1.Cc1ccc(N2CCOCC2)nc1.Cc1cccnc1.Cc1ccnc(Cl)c1.Cc1cn[nH]c1C.Cc1cn[nH]c1C(F)(F)F.Cc1cn[nH]c1C(F)(F)F.Cc1cnc(N)nc1.Cc1n[nH]c(C)c1C.Cc1n[nH]c(C)c1C.Cn1ccnc1. The Kier molecular flexibility index (Phi) is 51.1. The number of morpholine rings is 1. The summed E-state index contributed by atoms with van der Waals surface area (Å²) in [5.41, 5.74) is 20.0. The van der Waals surface area contributed by atoms with Crippen LogP contribution in [0.5, 0.6) is 5.06 Å². The quantitative estimate of drug-likeness (QED) is 0.0602. The number of methoxy groups -OCH3 is 1. The van der Waals surface area contributed by atoms with Gasteiger partial charge in [-0.05, 0) is 287 Å². The Hall–Kier alpha value is -12.6. The molecule has 0 aliphatic carbocycles. The first-order chi connectivity index (χ1) is 63.3. The van der Waals surface area contributed by atoms with Crippen LogP contribution in [0.4, 0.5) is 70.3 Å². The van der Waals surface area contributed by atoms with Crippen LogP contribution in [-0.2, 0) is 36.5 Å². The first-order valence-corrected chi connectivity index (χ1v) is 44.1. The van der Waals surface area contributed by atoms with E-state index >= 15 is 0 Å². The predicted octanol–water partition coefficient (Wildman–Crippen LogP) is 23.5. The van der Waals surface area contributed by atoms with Gasteiger partial charge in [0.2, 0.25) is 5.95 Å². The molecule has 0 bridgehead atoms. The summed E-state index contributed by atoms with van der Waals surface area (Å²) >= 11 is 9.00. The van der Waals surface area contributed by atoms with Crippen LogP contribution in [0.1, 0.15) is 164 Å². The molecule has 0 aromatic carbocycles. The maximum Gasteiger partial charge on any atom is 0.435 e. The van der Waals surface area contributed by atoms with Gasteiger partial charge in [0.15, 0.2) is 16.5 Å². The molecule has 0 atom stereocenters. The van der Waals surface area contributed by atoms with E-state index in [0.29, 0.717) is 22.5 Å². The highest BCUT2D eigenvalue weighted by Gasteiger charge is 2.38. The Morgan fingerprint density at radius 1 is 0.407 bits per heavy atom. The van der Waals surface area contributed by atoms with Crippen LogP contribution in [-0.4, -0.2) is 157 Å². The van der Waals surface area contributed by atoms with E-state index in [1.54, 1.807) is 69.6 Å².